The van der Waals surface area contributed by atoms with Crippen LogP contribution < -0.4 is 43.0 Å². The van der Waals surface area contributed by atoms with E-state index < -0.39 is 12.6 Å². The van der Waals surface area contributed by atoms with Crippen molar-refractivity contribution in [1.82, 2.24) is 15.0 Å². The van der Waals surface area contributed by atoms with Crippen LogP contribution in [0.2, 0.25) is 0 Å². The number of piperidine rings is 2. The fraction of sp³-hybridized carbons (Fsp3) is 0.407. The van der Waals surface area contributed by atoms with E-state index >= 15 is 0 Å². The van der Waals surface area contributed by atoms with Gasteiger partial charge in [-0.25, -0.2) is 0 Å². The molecule has 0 saturated carbocycles. The van der Waals surface area contributed by atoms with E-state index in [2.05, 4.69) is 15.3 Å². The third kappa shape index (κ3) is 6.64. The Balaban J connectivity index is 1.43. The van der Waals surface area contributed by atoms with E-state index in [0.717, 1.165) is 4.90 Å². The fourth-order valence-corrected chi connectivity index (χ4v) is 5.31. The van der Waals surface area contributed by atoms with Crippen molar-refractivity contribution in [3.8, 4) is 5.75 Å². The van der Waals surface area contributed by atoms with Crippen LogP contribution in [0.3, 0.4) is 0 Å². The minimum atomic E-state index is -0.553. The van der Waals surface area contributed by atoms with E-state index in [1.807, 2.05) is 15.9 Å². The lowest BCUT2D eigenvalue weighted by molar-refractivity contribution is 0.0957. The molecule has 4 unspecified atom stereocenters. The second kappa shape index (κ2) is 12.2. The van der Waals surface area contributed by atoms with E-state index in [-0.39, 0.29) is 41.4 Å². The summed E-state index contributed by atoms with van der Waals surface area (Å²) in [5, 5.41) is 23.7. The lowest BCUT2D eigenvalue weighted by atomic mass is 10.0. The molecule has 41 heavy (non-hydrogen) atoms. The van der Waals surface area contributed by atoms with Gasteiger partial charge in [0.2, 0.25) is 17.8 Å². The Labute approximate surface area is 238 Å². The number of aliphatic hydroxyl groups excluding tert-OH is 1. The monoisotopic (exact) mass is 563 g/mol. The molecular weight excluding hydrogens is 526 g/mol. The van der Waals surface area contributed by atoms with Crippen LogP contribution in [0, 0.1) is 0 Å². The smallest absolute Gasteiger partial charge is 0.263 e. The Bertz CT molecular complexity index is 1300. The van der Waals surface area contributed by atoms with E-state index in [9.17, 15) is 15.0 Å². The van der Waals surface area contributed by atoms with Crippen molar-refractivity contribution >= 4 is 35.1 Å². The van der Waals surface area contributed by atoms with Gasteiger partial charge in [-0.15, -0.1) is 0 Å². The number of phenolic OH excluding ortho intramolecular Hbond substituents is 1. The number of rotatable bonds is 7. The highest BCUT2D eigenvalue weighted by Crippen LogP contribution is 2.28. The van der Waals surface area contributed by atoms with Gasteiger partial charge in [0, 0.05) is 67.8 Å². The second-order valence-electron chi connectivity index (χ2n) is 10.6. The zero-order valence-electron chi connectivity index (χ0n) is 22.7. The number of aromatic nitrogens is 3. The van der Waals surface area contributed by atoms with Crippen molar-refractivity contribution in [2.75, 3.05) is 52.9 Å². The zero-order valence-corrected chi connectivity index (χ0v) is 22.7. The molecule has 2 aliphatic rings. The topological polar surface area (TPSA) is 222 Å². The van der Waals surface area contributed by atoms with Crippen molar-refractivity contribution in [2.24, 2.45) is 22.9 Å². The van der Waals surface area contributed by atoms with Crippen LogP contribution in [-0.2, 0) is 0 Å². The SMILES string of the molecule is NC1CC(N)CN(c2nc(Nc3ccc(C(=O)N(CO)c4ccccc4)c(O)c3)nc(N3CC(N)CC(N)C3)n2)C1. The van der Waals surface area contributed by atoms with Crippen LogP contribution in [0.5, 0.6) is 5.75 Å². The standard InChI is InChI=1S/C27H37N11O3/c28-16-8-17(29)12-36(11-16)26-33-25(34-27(35-26)37-13-18(30)9-19(31)14-37)32-20-6-7-22(23(40)10-20)24(41)38(15-39)21-4-2-1-3-5-21/h1-7,10,16-19,39-40H,8-9,11-15,28-31H2,(H,32,33,34,35). The summed E-state index contributed by atoms with van der Waals surface area (Å²) in [4.78, 5) is 32.1. The van der Waals surface area contributed by atoms with Gasteiger partial charge in [0.05, 0.1) is 5.56 Å². The molecule has 2 saturated heterocycles. The van der Waals surface area contributed by atoms with Gasteiger partial charge in [-0.2, -0.15) is 15.0 Å². The predicted molar refractivity (Wildman–Crippen MR) is 157 cm³/mol. The van der Waals surface area contributed by atoms with Gasteiger partial charge in [-0.05, 0) is 37.1 Å². The van der Waals surface area contributed by atoms with E-state index in [0.29, 0.717) is 62.3 Å². The van der Waals surface area contributed by atoms with Crippen LogP contribution in [-0.4, -0.2) is 88.1 Å². The number of hydrogen-bond acceptors (Lipinski definition) is 13. The van der Waals surface area contributed by atoms with E-state index in [1.54, 1.807) is 30.3 Å². The number of aromatic hydroxyl groups is 1. The molecule has 218 valence electrons. The Morgan fingerprint density at radius 2 is 1.39 bits per heavy atom. The predicted octanol–water partition coefficient (Wildman–Crippen LogP) is -0.353. The number of carbonyl (C=O) groups excluding carboxylic acids is 1. The lowest BCUT2D eigenvalue weighted by Gasteiger charge is -2.37. The summed E-state index contributed by atoms with van der Waals surface area (Å²) in [6.07, 6.45) is 1.41. The van der Waals surface area contributed by atoms with Crippen LogP contribution in [0.25, 0.3) is 0 Å². The number of para-hydroxylation sites is 1. The van der Waals surface area contributed by atoms with Gasteiger partial charge in [-0.1, -0.05) is 18.2 Å². The maximum Gasteiger partial charge on any atom is 0.263 e. The van der Waals surface area contributed by atoms with Gasteiger partial charge < -0.3 is 48.3 Å². The Hall–Kier alpha value is -4.08. The van der Waals surface area contributed by atoms with E-state index in [1.165, 1.54) is 12.1 Å². The minimum Gasteiger partial charge on any atom is -0.507 e. The highest BCUT2D eigenvalue weighted by atomic mass is 16.3. The molecule has 2 fully saturated rings. The third-order valence-electron chi connectivity index (χ3n) is 7.15. The first-order valence-corrected chi connectivity index (χ1v) is 13.6. The number of hydrogen-bond donors (Lipinski definition) is 7. The lowest BCUT2D eigenvalue weighted by Crippen LogP contribution is -2.54. The summed E-state index contributed by atoms with van der Waals surface area (Å²) in [6, 6.07) is 12.7. The largest absolute Gasteiger partial charge is 0.507 e. The molecule has 2 aliphatic heterocycles. The van der Waals surface area contributed by atoms with Crippen LogP contribution in [0.1, 0.15) is 23.2 Å². The van der Waals surface area contributed by atoms with Crippen molar-refractivity contribution in [3.05, 3.63) is 54.1 Å². The molecule has 1 aromatic heterocycles. The molecule has 0 aliphatic carbocycles. The number of carbonyl (C=O) groups is 1. The van der Waals surface area contributed by atoms with Gasteiger partial charge in [0.15, 0.2) is 0 Å². The first kappa shape index (κ1) is 28.4. The van der Waals surface area contributed by atoms with Crippen molar-refractivity contribution in [1.29, 1.82) is 0 Å². The molecule has 0 bridgehead atoms. The third-order valence-corrected chi connectivity index (χ3v) is 7.15. The number of amides is 1. The minimum absolute atomic E-state index is 0.0260. The molecule has 11 N–H and O–H groups in total. The van der Waals surface area contributed by atoms with Crippen molar-refractivity contribution in [2.45, 2.75) is 37.0 Å². The number of anilines is 5. The number of nitrogens with one attached hydrogen (secondary N) is 1. The maximum absolute atomic E-state index is 13.1. The molecule has 0 spiro atoms. The van der Waals surface area contributed by atoms with Crippen molar-refractivity contribution < 1.29 is 15.0 Å². The van der Waals surface area contributed by atoms with Gasteiger partial charge >= 0.3 is 0 Å². The maximum atomic E-state index is 13.1. The molecule has 4 atom stereocenters. The Kier molecular flexibility index (Phi) is 8.46. The first-order valence-electron chi connectivity index (χ1n) is 13.6. The highest BCUT2D eigenvalue weighted by molar-refractivity contribution is 6.08. The quantitative estimate of drug-likeness (QED) is 0.183. The normalized spacial score (nSPS) is 22.9. The first-order chi connectivity index (χ1) is 19.7. The van der Waals surface area contributed by atoms with Gasteiger partial charge in [-0.3, -0.25) is 9.69 Å². The highest BCUT2D eigenvalue weighted by Gasteiger charge is 2.29. The Morgan fingerprint density at radius 1 is 0.854 bits per heavy atom. The molecule has 3 aromatic rings. The summed E-state index contributed by atoms with van der Waals surface area (Å²) in [7, 11) is 0. The summed E-state index contributed by atoms with van der Waals surface area (Å²) in [5.41, 5.74) is 25.9. The average molecular weight is 564 g/mol. The number of nitrogens with two attached hydrogens (primary N) is 4. The molecule has 14 nitrogen and oxygen atoms in total. The molecular formula is C27H37N11O3. The van der Waals surface area contributed by atoms with Gasteiger partial charge in [0.1, 0.15) is 12.5 Å². The van der Waals surface area contributed by atoms with Crippen LogP contribution in [0.4, 0.5) is 29.2 Å². The molecule has 5 rings (SSSR count). The number of nitrogens with zero attached hydrogens (tertiary/aromatic N) is 6. The summed E-state index contributed by atoms with van der Waals surface area (Å²) in [5.74, 6) is 0.222. The number of benzene rings is 2. The zero-order chi connectivity index (χ0) is 29.1. The van der Waals surface area contributed by atoms with Crippen LogP contribution >= 0.6 is 0 Å². The fourth-order valence-electron chi connectivity index (χ4n) is 5.31. The average Bonchev–Trinajstić information content (AvgIpc) is 2.93. The molecule has 2 aromatic carbocycles. The number of aliphatic hydroxyl groups is 1. The van der Waals surface area contributed by atoms with Gasteiger partial charge in [0.25, 0.3) is 5.91 Å². The second-order valence-corrected chi connectivity index (χ2v) is 10.6. The summed E-state index contributed by atoms with van der Waals surface area (Å²) in [6.45, 7) is 1.60. The molecule has 3 heterocycles. The van der Waals surface area contributed by atoms with Crippen LogP contribution in [0.15, 0.2) is 48.5 Å². The van der Waals surface area contributed by atoms with Crippen molar-refractivity contribution in [3.63, 3.8) is 0 Å². The Morgan fingerprint density at radius 3 is 1.88 bits per heavy atom. The summed E-state index contributed by atoms with van der Waals surface area (Å²) >= 11 is 0. The molecule has 0 radical (unpaired) electrons. The molecule has 1 amide bonds. The summed E-state index contributed by atoms with van der Waals surface area (Å²) < 4.78 is 0. The molecule has 14 heteroatoms. The van der Waals surface area contributed by atoms with E-state index in [4.69, 9.17) is 27.9 Å². The number of phenols is 1.